The van der Waals surface area contributed by atoms with E-state index >= 15 is 0 Å². The highest BCUT2D eigenvalue weighted by Gasteiger charge is 2.55. The maximum absolute atomic E-state index is 11.4. The molecule has 0 saturated carbocycles. The second kappa shape index (κ2) is 16.1. The highest BCUT2D eigenvalue weighted by atomic mass is 31.2. The van der Waals surface area contributed by atoms with Crippen LogP contribution in [0.5, 0.6) is 0 Å². The van der Waals surface area contributed by atoms with E-state index in [-0.39, 0.29) is 0 Å². The topological polar surface area (TPSA) is 374 Å². The van der Waals surface area contributed by atoms with E-state index in [1.165, 1.54) is 0 Å². The lowest BCUT2D eigenvalue weighted by Gasteiger charge is -2.49. The van der Waals surface area contributed by atoms with Gasteiger partial charge in [0.25, 0.3) is 0 Å². The molecule has 14 N–H and O–H groups in total. The molecule has 0 radical (unpaired) electrons. The Morgan fingerprint density at radius 2 is 1.13 bits per heavy atom. The number of aliphatic hydroxyl groups is 12. The molecule has 24 heteroatoms. The van der Waals surface area contributed by atoms with Crippen LogP contribution in [0.3, 0.4) is 0 Å². The standard InChI is InChI=1S/C23H41O23P/c24-1-6-10(28)12(30)19(46-21-15(33)9(27)5(26)3-39-21)23(42-6)45-18-11(29)8(4-40-47(36,37)38)43-22(16(18)34)44-17-7(2-25)41-20(35)14(32)13(17)31/h5-35H,1-4H2,(H2,36,37,38)/t5-,6-,7-,8-,9-,10+,11+,12+,13-,14+,15+,16-,17-,18+,19-,20?,21-,22+,23+/m1/s1. The van der Waals surface area contributed by atoms with Gasteiger partial charge in [-0.1, -0.05) is 0 Å². The van der Waals surface area contributed by atoms with Crippen molar-refractivity contribution in [2.45, 2.75) is 117 Å². The molecule has 276 valence electrons. The molecule has 19 atom stereocenters. The van der Waals surface area contributed by atoms with Gasteiger partial charge in [0.15, 0.2) is 25.2 Å². The third kappa shape index (κ3) is 8.81. The van der Waals surface area contributed by atoms with Crippen LogP contribution in [0, 0.1) is 0 Å². The lowest BCUT2D eigenvalue weighted by molar-refractivity contribution is -0.392. The Morgan fingerprint density at radius 3 is 1.74 bits per heavy atom. The second-order valence-electron chi connectivity index (χ2n) is 11.3. The molecule has 0 aliphatic carbocycles. The first kappa shape index (κ1) is 39.1. The highest BCUT2D eigenvalue weighted by Crippen LogP contribution is 2.38. The summed E-state index contributed by atoms with van der Waals surface area (Å²) in [5.41, 5.74) is 0. The van der Waals surface area contributed by atoms with Crippen molar-refractivity contribution in [2.24, 2.45) is 0 Å². The number of hydrogen-bond acceptors (Lipinski definition) is 21. The minimum Gasteiger partial charge on any atom is -0.394 e. The zero-order chi connectivity index (χ0) is 35.0. The fraction of sp³-hybridized carbons (Fsp3) is 1.00. The highest BCUT2D eigenvalue weighted by molar-refractivity contribution is 7.46. The summed E-state index contributed by atoms with van der Waals surface area (Å²) >= 11 is 0. The zero-order valence-corrected chi connectivity index (χ0v) is 25.1. The van der Waals surface area contributed by atoms with Gasteiger partial charge in [-0.2, -0.15) is 0 Å². The minimum absolute atomic E-state index is 0.547. The lowest BCUT2D eigenvalue weighted by atomic mass is 9.96. The van der Waals surface area contributed by atoms with Gasteiger partial charge < -0.3 is 104 Å². The van der Waals surface area contributed by atoms with Gasteiger partial charge in [-0.05, 0) is 0 Å². The van der Waals surface area contributed by atoms with Crippen LogP contribution in [0.4, 0.5) is 0 Å². The summed E-state index contributed by atoms with van der Waals surface area (Å²) < 4.78 is 53.7. The molecule has 4 rings (SSSR count). The molecule has 0 amide bonds. The summed E-state index contributed by atoms with van der Waals surface area (Å²) in [7, 11) is -5.19. The van der Waals surface area contributed by atoms with E-state index in [1.807, 2.05) is 0 Å². The summed E-state index contributed by atoms with van der Waals surface area (Å²) in [5, 5.41) is 123. The van der Waals surface area contributed by atoms with E-state index in [2.05, 4.69) is 4.52 Å². The fourth-order valence-corrected chi connectivity index (χ4v) is 5.73. The van der Waals surface area contributed by atoms with Gasteiger partial charge in [0.05, 0.1) is 26.4 Å². The number of phosphoric ester groups is 1. The van der Waals surface area contributed by atoms with Crippen LogP contribution < -0.4 is 0 Å². The van der Waals surface area contributed by atoms with Crippen LogP contribution >= 0.6 is 7.82 Å². The normalized spacial score (nSPS) is 50.0. The number of aliphatic hydroxyl groups excluding tert-OH is 12. The van der Waals surface area contributed by atoms with Crippen molar-refractivity contribution in [3.05, 3.63) is 0 Å². The predicted octanol–water partition coefficient (Wildman–Crippen LogP) is -8.99. The van der Waals surface area contributed by atoms with Crippen molar-refractivity contribution in [1.29, 1.82) is 0 Å². The average Bonchev–Trinajstić information content (AvgIpc) is 3.02. The molecule has 1 unspecified atom stereocenters. The van der Waals surface area contributed by atoms with Gasteiger partial charge in [0.2, 0.25) is 0 Å². The Labute approximate surface area is 264 Å². The largest absolute Gasteiger partial charge is 0.469 e. The first-order valence-corrected chi connectivity index (χ1v) is 15.8. The molecular weight excluding hydrogens is 675 g/mol. The molecule has 0 aromatic carbocycles. The summed E-state index contributed by atoms with van der Waals surface area (Å²) in [4.78, 5) is 18.4. The second-order valence-corrected chi connectivity index (χ2v) is 12.5. The molecule has 0 bridgehead atoms. The number of rotatable bonds is 11. The van der Waals surface area contributed by atoms with Crippen LogP contribution in [-0.2, 0) is 42.2 Å². The van der Waals surface area contributed by atoms with Crippen LogP contribution in [0.15, 0.2) is 0 Å². The summed E-state index contributed by atoms with van der Waals surface area (Å²) in [6.45, 7) is -3.45. The van der Waals surface area contributed by atoms with E-state index in [9.17, 15) is 75.6 Å². The molecule has 4 saturated heterocycles. The number of phosphoric acid groups is 1. The molecule has 4 aliphatic rings. The van der Waals surface area contributed by atoms with Gasteiger partial charge in [-0.15, -0.1) is 0 Å². The smallest absolute Gasteiger partial charge is 0.394 e. The minimum atomic E-state index is -5.19. The molecule has 23 nitrogen and oxygen atoms in total. The molecule has 4 fully saturated rings. The van der Waals surface area contributed by atoms with E-state index in [0.29, 0.717) is 0 Å². The third-order valence-corrected chi connectivity index (χ3v) is 8.53. The Bertz CT molecular complexity index is 1030. The Morgan fingerprint density at radius 1 is 0.553 bits per heavy atom. The summed E-state index contributed by atoms with van der Waals surface area (Å²) in [5.74, 6) is 0. The summed E-state index contributed by atoms with van der Waals surface area (Å²) in [6, 6.07) is 0. The maximum atomic E-state index is 11.4. The molecule has 0 aromatic heterocycles. The summed E-state index contributed by atoms with van der Waals surface area (Å²) in [6.07, 6.45) is -35.7. The van der Waals surface area contributed by atoms with E-state index in [1.54, 1.807) is 0 Å². The Hall–Kier alpha value is -0.650. The quantitative estimate of drug-likeness (QED) is 0.0882. The Balaban J connectivity index is 1.62. The van der Waals surface area contributed by atoms with E-state index in [4.69, 9.17) is 33.2 Å². The first-order chi connectivity index (χ1) is 22.0. The zero-order valence-electron chi connectivity index (χ0n) is 24.2. The third-order valence-electron chi connectivity index (χ3n) is 8.04. The van der Waals surface area contributed by atoms with Crippen molar-refractivity contribution in [2.75, 3.05) is 26.4 Å². The van der Waals surface area contributed by atoms with Gasteiger partial charge in [0, 0.05) is 0 Å². The Kier molecular flexibility index (Phi) is 13.4. The maximum Gasteiger partial charge on any atom is 0.469 e. The van der Waals surface area contributed by atoms with Crippen molar-refractivity contribution >= 4 is 7.82 Å². The molecule has 4 aliphatic heterocycles. The van der Waals surface area contributed by atoms with Crippen LogP contribution in [0.1, 0.15) is 0 Å². The van der Waals surface area contributed by atoms with Gasteiger partial charge in [-0.25, -0.2) is 4.57 Å². The fourth-order valence-electron chi connectivity index (χ4n) is 5.39. The van der Waals surface area contributed by atoms with Crippen molar-refractivity contribution in [1.82, 2.24) is 0 Å². The van der Waals surface area contributed by atoms with Gasteiger partial charge >= 0.3 is 7.82 Å². The van der Waals surface area contributed by atoms with Crippen LogP contribution in [0.25, 0.3) is 0 Å². The SMILES string of the molecule is O=P(O)(O)OC[C@H]1O[C@@H](O[C@H]2[C@H](O)[C@H](O)C(O)O[C@@H]2CO)[C@H](O)[C@@H](O[C@@H]2O[C@H](CO)[C@H](O)[C@H](O)[C@H]2O[C@H]2OC[C@@H](O)[C@@H](O)[C@@H]2O)[C@H]1O. The molecule has 47 heavy (non-hydrogen) atoms. The molecule has 0 aromatic rings. The van der Waals surface area contributed by atoms with Crippen molar-refractivity contribution < 1.29 is 113 Å². The van der Waals surface area contributed by atoms with Crippen molar-refractivity contribution in [3.8, 4) is 0 Å². The van der Waals surface area contributed by atoms with Gasteiger partial charge in [-0.3, -0.25) is 4.52 Å². The predicted molar refractivity (Wildman–Crippen MR) is 139 cm³/mol. The monoisotopic (exact) mass is 716 g/mol. The lowest BCUT2D eigenvalue weighted by Crippen LogP contribution is -2.67. The van der Waals surface area contributed by atoms with Crippen molar-refractivity contribution in [3.63, 3.8) is 0 Å². The number of hydrogen-bond donors (Lipinski definition) is 14. The van der Waals surface area contributed by atoms with Gasteiger partial charge in [0.1, 0.15) is 91.6 Å². The molecular formula is C23H41O23P. The first-order valence-electron chi connectivity index (χ1n) is 14.3. The van der Waals surface area contributed by atoms with E-state index < -0.39 is 151 Å². The number of ether oxygens (including phenoxy) is 7. The molecule has 4 heterocycles. The van der Waals surface area contributed by atoms with E-state index in [0.717, 1.165) is 0 Å². The average molecular weight is 717 g/mol. The molecule has 0 spiro atoms. The van der Waals surface area contributed by atoms with Crippen LogP contribution in [0.2, 0.25) is 0 Å². The van der Waals surface area contributed by atoms with Crippen LogP contribution in [-0.4, -0.2) is 214 Å².